The number of allylic oxidation sites excluding steroid dienone is 2. The van der Waals surface area contributed by atoms with Crippen molar-refractivity contribution in [2.24, 2.45) is 56.7 Å². The third-order valence-corrected chi connectivity index (χ3v) is 17.4. The van der Waals surface area contributed by atoms with Crippen LogP contribution >= 0.6 is 0 Å². The first-order valence-electron chi connectivity index (χ1n) is 19.5. The normalized spacial score (nSPS) is 41.6. The van der Waals surface area contributed by atoms with E-state index in [2.05, 4.69) is 54.5 Å². The van der Waals surface area contributed by atoms with Gasteiger partial charge >= 0.3 is 5.97 Å². The van der Waals surface area contributed by atoms with E-state index in [-0.39, 0.29) is 44.9 Å². The van der Waals surface area contributed by atoms with Crippen molar-refractivity contribution < 1.29 is 27.2 Å². The van der Waals surface area contributed by atoms with Crippen LogP contribution in [-0.4, -0.2) is 31.7 Å². The molecule has 6 nitrogen and oxygen atoms in total. The van der Waals surface area contributed by atoms with Crippen LogP contribution in [0.5, 0.6) is 0 Å². The number of hydrogen-bond acceptors (Lipinski definition) is 6. The van der Waals surface area contributed by atoms with Gasteiger partial charge in [-0.3, -0.25) is 8.98 Å². The summed E-state index contributed by atoms with van der Waals surface area (Å²) < 4.78 is 39.5. The zero-order valence-electron chi connectivity index (χ0n) is 32.1. The van der Waals surface area contributed by atoms with Crippen LogP contribution < -0.4 is 0 Å². The minimum Gasteiger partial charge on any atom is -0.460 e. The average Bonchev–Trinajstić information content (AvgIpc) is 3.08. The monoisotopic (exact) mass is 716 g/mol. The Bertz CT molecular complexity index is 1780. The van der Waals surface area contributed by atoms with Gasteiger partial charge in [-0.15, -0.1) is 0 Å². The minimum atomic E-state index is -4.08. The molecule has 4 saturated carbocycles. The van der Waals surface area contributed by atoms with Crippen molar-refractivity contribution >= 4 is 16.1 Å². The zero-order valence-corrected chi connectivity index (χ0v) is 32.9. The number of ether oxygens (including phenoxy) is 1. The molecule has 2 aromatic rings. The molecule has 0 aromatic heterocycles. The van der Waals surface area contributed by atoms with Crippen LogP contribution in [0, 0.1) is 63.6 Å². The molecule has 7 heteroatoms. The van der Waals surface area contributed by atoms with E-state index >= 15 is 0 Å². The predicted octanol–water partition coefficient (Wildman–Crippen LogP) is 9.44. The fourth-order valence-corrected chi connectivity index (χ4v) is 13.9. The molecule has 51 heavy (non-hydrogen) atoms. The number of esters is 1. The maximum absolute atomic E-state index is 14.4. The summed E-state index contributed by atoms with van der Waals surface area (Å²) >= 11 is 0. The molecule has 0 radical (unpaired) electrons. The second kappa shape index (κ2) is 12.6. The first kappa shape index (κ1) is 36.9. The largest absolute Gasteiger partial charge is 0.460 e. The Labute approximate surface area is 306 Å². The summed E-state index contributed by atoms with van der Waals surface area (Å²) in [5.41, 5.74) is 1.96. The van der Waals surface area contributed by atoms with Crippen molar-refractivity contribution in [1.29, 1.82) is 0 Å². The van der Waals surface area contributed by atoms with E-state index in [0.717, 1.165) is 56.1 Å². The highest BCUT2D eigenvalue weighted by Gasteiger charge is 2.70. The number of fused-ring (bicyclic) bond motifs is 7. The number of aliphatic hydroxyl groups is 1. The van der Waals surface area contributed by atoms with Gasteiger partial charge < -0.3 is 9.84 Å². The van der Waals surface area contributed by atoms with Crippen LogP contribution in [0.2, 0.25) is 0 Å². The van der Waals surface area contributed by atoms with Gasteiger partial charge in [-0.25, -0.2) is 0 Å². The SMILES string of the molecule is Cc1ccc(S(=O)(=O)O[C@@H]2C[C@]3(C)[C@H]4CC=C5[C@@H]6[C@@H](C)[C@H](C)CC[C@]6(C(=O)OCc6ccccc6)CC[C@@]5(C)[C@]4(C)CC[C@H]3C(C)(C)[C@H]2O)cc1. The lowest BCUT2D eigenvalue weighted by Gasteiger charge is -2.71. The Morgan fingerprint density at radius 1 is 0.882 bits per heavy atom. The third kappa shape index (κ3) is 5.52. The number of benzene rings is 2. The van der Waals surface area contributed by atoms with Crippen LogP contribution in [-0.2, 0) is 30.4 Å². The van der Waals surface area contributed by atoms with E-state index in [1.807, 2.05) is 37.3 Å². The molecule has 5 aliphatic carbocycles. The summed E-state index contributed by atoms with van der Waals surface area (Å²) in [6.07, 6.45) is 7.79. The second-order valence-corrected chi connectivity index (χ2v) is 20.3. The smallest absolute Gasteiger partial charge is 0.313 e. The predicted molar refractivity (Wildman–Crippen MR) is 200 cm³/mol. The van der Waals surface area contributed by atoms with E-state index in [1.54, 1.807) is 24.3 Å². The Morgan fingerprint density at radius 3 is 2.25 bits per heavy atom. The van der Waals surface area contributed by atoms with Crippen molar-refractivity contribution in [1.82, 2.24) is 0 Å². The lowest BCUT2D eigenvalue weighted by Crippen LogP contribution is -2.67. The maximum atomic E-state index is 14.4. The number of carbonyl (C=O) groups excluding carboxylic acids is 1. The van der Waals surface area contributed by atoms with Gasteiger partial charge in [0.25, 0.3) is 10.1 Å². The molecule has 7 rings (SSSR count). The van der Waals surface area contributed by atoms with Gasteiger partial charge in [-0.1, -0.05) is 108 Å². The third-order valence-electron chi connectivity index (χ3n) is 16.1. The zero-order chi connectivity index (χ0) is 36.8. The van der Waals surface area contributed by atoms with E-state index < -0.39 is 33.2 Å². The van der Waals surface area contributed by atoms with Gasteiger partial charge in [0.15, 0.2) is 0 Å². The first-order valence-corrected chi connectivity index (χ1v) is 20.9. The lowest BCUT2D eigenvalue weighted by atomic mass is 9.33. The highest BCUT2D eigenvalue weighted by Crippen LogP contribution is 2.76. The lowest BCUT2D eigenvalue weighted by molar-refractivity contribution is -0.228. The molecule has 0 saturated heterocycles. The molecule has 0 aliphatic heterocycles. The molecule has 0 unspecified atom stereocenters. The molecule has 0 spiro atoms. The molecule has 0 bridgehead atoms. The fraction of sp³-hybridized carbons (Fsp3) is 0.659. The van der Waals surface area contributed by atoms with Crippen molar-refractivity contribution in [3.63, 3.8) is 0 Å². The average molecular weight is 717 g/mol. The number of carbonyl (C=O) groups is 1. The second-order valence-electron chi connectivity index (χ2n) is 18.7. The van der Waals surface area contributed by atoms with Crippen LogP contribution in [0.15, 0.2) is 71.1 Å². The highest BCUT2D eigenvalue weighted by atomic mass is 32.2. The van der Waals surface area contributed by atoms with Crippen LogP contribution in [0.1, 0.15) is 111 Å². The number of aliphatic hydroxyl groups excluding tert-OH is 1. The van der Waals surface area contributed by atoms with Crippen LogP contribution in [0.3, 0.4) is 0 Å². The first-order chi connectivity index (χ1) is 23.9. The summed E-state index contributed by atoms with van der Waals surface area (Å²) in [4.78, 5) is 14.5. The molecule has 278 valence electrons. The molecular formula is C44H60O6S. The molecule has 0 amide bonds. The Kier molecular flexibility index (Phi) is 9.07. The van der Waals surface area contributed by atoms with Gasteiger partial charge in [0, 0.05) is 0 Å². The van der Waals surface area contributed by atoms with Gasteiger partial charge in [-0.05, 0) is 127 Å². The summed E-state index contributed by atoms with van der Waals surface area (Å²) in [5.74, 6) is 1.45. The molecule has 4 fully saturated rings. The summed E-state index contributed by atoms with van der Waals surface area (Å²) in [6, 6.07) is 16.8. The van der Waals surface area contributed by atoms with Crippen molar-refractivity contribution in [2.75, 3.05) is 0 Å². The summed E-state index contributed by atoms with van der Waals surface area (Å²) in [6.45, 7) is 18.5. The molecule has 5 aliphatic rings. The highest BCUT2D eigenvalue weighted by molar-refractivity contribution is 7.86. The van der Waals surface area contributed by atoms with E-state index in [0.29, 0.717) is 24.9 Å². The van der Waals surface area contributed by atoms with Gasteiger partial charge in [0.05, 0.1) is 16.4 Å². The maximum Gasteiger partial charge on any atom is 0.313 e. The van der Waals surface area contributed by atoms with E-state index in [9.17, 15) is 18.3 Å². The molecule has 1 N–H and O–H groups in total. The molecule has 2 aromatic carbocycles. The fourth-order valence-electron chi connectivity index (χ4n) is 12.8. The Hall–Kier alpha value is -2.48. The Morgan fingerprint density at radius 2 is 1.57 bits per heavy atom. The standard InChI is InChI=1S/C44H60O6S/c1-28-14-16-32(17-15-28)51(47,48)50-34-26-41(6)35(40(4,5)38(34)45)21-22-43(8)36(41)19-18-33-37-30(3)29(2)20-23-44(37,25-24-42(33,43)7)39(46)49-27-31-12-10-9-11-13-31/h9-18,29-30,34-38,45H,19-27H2,1-8H3/t29-,30+,34-,35+,36-,37+,38+,41+,42-,43-,44+/m1/s1. The van der Waals surface area contributed by atoms with Gasteiger partial charge in [0.2, 0.25) is 0 Å². The summed E-state index contributed by atoms with van der Waals surface area (Å²) in [7, 11) is -4.08. The minimum absolute atomic E-state index is 0.0289. The summed E-state index contributed by atoms with van der Waals surface area (Å²) in [5, 5.41) is 11.8. The molecule has 0 heterocycles. The molecule has 11 atom stereocenters. The number of hydrogen-bond donors (Lipinski definition) is 1. The number of aryl methyl sites for hydroxylation is 1. The van der Waals surface area contributed by atoms with Gasteiger partial charge in [0.1, 0.15) is 12.7 Å². The van der Waals surface area contributed by atoms with Crippen molar-refractivity contribution in [2.45, 2.75) is 130 Å². The van der Waals surface area contributed by atoms with Crippen LogP contribution in [0.4, 0.5) is 0 Å². The van der Waals surface area contributed by atoms with Crippen molar-refractivity contribution in [3.8, 4) is 0 Å². The Balaban J connectivity index is 1.24. The number of rotatable bonds is 6. The quantitative estimate of drug-likeness (QED) is 0.182. The van der Waals surface area contributed by atoms with E-state index in [1.165, 1.54) is 5.57 Å². The topological polar surface area (TPSA) is 89.9 Å². The molecular weight excluding hydrogens is 657 g/mol. The van der Waals surface area contributed by atoms with Crippen molar-refractivity contribution in [3.05, 3.63) is 77.4 Å². The van der Waals surface area contributed by atoms with Crippen LogP contribution in [0.25, 0.3) is 0 Å². The van der Waals surface area contributed by atoms with Gasteiger partial charge in [-0.2, -0.15) is 8.42 Å². The van der Waals surface area contributed by atoms with E-state index in [4.69, 9.17) is 8.92 Å².